The van der Waals surface area contributed by atoms with Crippen LogP contribution >= 0.6 is 15.9 Å². The van der Waals surface area contributed by atoms with Gasteiger partial charge in [-0.15, -0.1) is 0 Å². The number of halogens is 1. The molecule has 0 aliphatic rings. The lowest BCUT2D eigenvalue weighted by atomic mass is 10.1. The number of benzene rings is 2. The Hall–Kier alpha value is -3.13. The lowest BCUT2D eigenvalue weighted by Gasteiger charge is -2.11. The van der Waals surface area contributed by atoms with Crippen molar-refractivity contribution >= 4 is 33.4 Å². The molecule has 0 unspecified atom stereocenters. The van der Waals surface area contributed by atoms with Crippen LogP contribution in [0.25, 0.3) is 0 Å². The molecule has 3 rings (SSSR count). The maximum absolute atomic E-state index is 12.8. The van der Waals surface area contributed by atoms with Crippen LogP contribution in [-0.4, -0.2) is 28.1 Å². The molecule has 2 N–H and O–H groups in total. The highest BCUT2D eigenvalue weighted by Crippen LogP contribution is 2.25. The van der Waals surface area contributed by atoms with Gasteiger partial charge in [0.25, 0.3) is 11.8 Å². The van der Waals surface area contributed by atoms with Crippen LogP contribution in [0.5, 0.6) is 5.75 Å². The number of nitrogens with one attached hydrogen (secondary N) is 2. The van der Waals surface area contributed by atoms with Crippen molar-refractivity contribution in [1.29, 1.82) is 0 Å². The molecule has 0 saturated heterocycles. The Bertz CT molecular complexity index is 1080. The summed E-state index contributed by atoms with van der Waals surface area (Å²) < 4.78 is 8.15. The molecule has 7 nitrogen and oxygen atoms in total. The summed E-state index contributed by atoms with van der Waals surface area (Å²) >= 11 is 3.45. The van der Waals surface area contributed by atoms with Crippen LogP contribution in [0.4, 0.5) is 5.69 Å². The molecule has 1 aromatic heterocycles. The molecule has 0 bridgehead atoms. The van der Waals surface area contributed by atoms with Crippen LogP contribution < -0.4 is 15.4 Å². The van der Waals surface area contributed by atoms with Crippen molar-refractivity contribution in [3.05, 3.63) is 76.0 Å². The van der Waals surface area contributed by atoms with Crippen LogP contribution in [0.1, 0.15) is 40.3 Å². The second kappa shape index (κ2) is 10.3. The first-order valence-corrected chi connectivity index (χ1v) is 10.7. The van der Waals surface area contributed by atoms with Gasteiger partial charge in [-0.25, -0.2) is 0 Å². The number of ether oxygens (including phenoxy) is 1. The lowest BCUT2D eigenvalue weighted by molar-refractivity contribution is 0.0940. The van der Waals surface area contributed by atoms with Gasteiger partial charge in [0.15, 0.2) is 0 Å². The van der Waals surface area contributed by atoms with Gasteiger partial charge in [0.2, 0.25) is 0 Å². The van der Waals surface area contributed by atoms with E-state index in [-0.39, 0.29) is 11.8 Å². The molecule has 0 spiro atoms. The minimum atomic E-state index is -0.325. The van der Waals surface area contributed by atoms with E-state index in [0.717, 1.165) is 15.8 Å². The Kier molecular flexibility index (Phi) is 7.46. The molecule has 31 heavy (non-hydrogen) atoms. The maximum atomic E-state index is 12.8. The van der Waals surface area contributed by atoms with Gasteiger partial charge < -0.3 is 15.4 Å². The minimum Gasteiger partial charge on any atom is -0.488 e. The summed E-state index contributed by atoms with van der Waals surface area (Å²) in [5, 5.41) is 9.77. The third-order valence-electron chi connectivity index (χ3n) is 4.49. The molecule has 0 radical (unpaired) electrons. The number of carbonyl (C=O) groups is 2. The summed E-state index contributed by atoms with van der Waals surface area (Å²) in [6.45, 7) is 4.88. The van der Waals surface area contributed by atoms with Crippen LogP contribution in [0.15, 0.2) is 59.2 Å². The monoisotopic (exact) mass is 484 g/mol. The fourth-order valence-corrected chi connectivity index (χ4v) is 3.30. The van der Waals surface area contributed by atoms with E-state index in [1.54, 1.807) is 25.2 Å². The molecule has 0 fully saturated rings. The summed E-state index contributed by atoms with van der Waals surface area (Å²) in [7, 11) is 1.67. The Labute approximate surface area is 189 Å². The minimum absolute atomic E-state index is 0.278. The van der Waals surface area contributed by atoms with E-state index in [2.05, 4.69) is 31.7 Å². The first-order valence-electron chi connectivity index (χ1n) is 9.93. The summed E-state index contributed by atoms with van der Waals surface area (Å²) in [6.07, 6.45) is 1.47. The van der Waals surface area contributed by atoms with Gasteiger partial charge in [-0.2, -0.15) is 5.10 Å². The quantitative estimate of drug-likeness (QED) is 0.496. The van der Waals surface area contributed by atoms with E-state index in [0.29, 0.717) is 36.0 Å². The fourth-order valence-electron chi connectivity index (χ4n) is 2.90. The average molecular weight is 485 g/mol. The number of aryl methyl sites for hydroxylation is 1. The van der Waals surface area contributed by atoms with Crippen molar-refractivity contribution in [2.24, 2.45) is 13.0 Å². The van der Waals surface area contributed by atoms with Crippen molar-refractivity contribution in [1.82, 2.24) is 15.1 Å². The fraction of sp³-hybridized carbons (Fsp3) is 0.261. The van der Waals surface area contributed by atoms with Gasteiger partial charge in [0, 0.05) is 19.2 Å². The number of para-hydroxylation sites is 1. The van der Waals surface area contributed by atoms with Crippen molar-refractivity contribution < 1.29 is 14.3 Å². The second-order valence-electron chi connectivity index (χ2n) is 7.51. The Morgan fingerprint density at radius 3 is 2.65 bits per heavy atom. The number of hydrogen-bond acceptors (Lipinski definition) is 4. The Morgan fingerprint density at radius 1 is 1.13 bits per heavy atom. The molecule has 1 heterocycles. The normalized spacial score (nSPS) is 10.7. The van der Waals surface area contributed by atoms with Gasteiger partial charge in [0.1, 0.15) is 18.1 Å². The van der Waals surface area contributed by atoms with E-state index in [9.17, 15) is 9.59 Å². The van der Waals surface area contributed by atoms with Crippen LogP contribution in [0.2, 0.25) is 0 Å². The van der Waals surface area contributed by atoms with Gasteiger partial charge in [-0.05, 0) is 51.7 Å². The predicted octanol–water partition coefficient (Wildman–Crippen LogP) is 4.40. The summed E-state index contributed by atoms with van der Waals surface area (Å²) in [6, 6.07) is 14.8. The molecule has 8 heteroatoms. The van der Waals surface area contributed by atoms with Gasteiger partial charge >= 0.3 is 0 Å². The number of carbonyl (C=O) groups excluding carboxylic acids is 2. The number of nitrogens with zero attached hydrogens (tertiary/aromatic N) is 2. The van der Waals surface area contributed by atoms with Crippen LogP contribution in [0, 0.1) is 5.92 Å². The van der Waals surface area contributed by atoms with Gasteiger partial charge in [0.05, 0.1) is 16.4 Å². The number of aromatic nitrogens is 2. The standard InChI is InChI=1S/C23H25BrN4O3/c1-15(2)12-25-23(30)21-19(13-26-28(21)3)27-22(29)17-8-6-7-16(11-17)14-31-20-10-5-4-9-18(20)24/h4-11,13,15H,12,14H2,1-3H3,(H,25,30)(H,27,29). The zero-order valence-corrected chi connectivity index (χ0v) is 19.3. The van der Waals surface area contributed by atoms with E-state index < -0.39 is 0 Å². The summed E-state index contributed by atoms with van der Waals surface area (Å²) in [5.74, 6) is 0.440. The zero-order chi connectivity index (χ0) is 22.4. The lowest BCUT2D eigenvalue weighted by Crippen LogP contribution is -2.30. The van der Waals surface area contributed by atoms with E-state index in [1.807, 2.05) is 44.2 Å². The molecule has 2 amide bonds. The third-order valence-corrected chi connectivity index (χ3v) is 5.15. The highest BCUT2D eigenvalue weighted by atomic mass is 79.9. The molecular weight excluding hydrogens is 460 g/mol. The van der Waals surface area contributed by atoms with Crippen molar-refractivity contribution in [2.45, 2.75) is 20.5 Å². The average Bonchev–Trinajstić information content (AvgIpc) is 3.11. The van der Waals surface area contributed by atoms with E-state index in [1.165, 1.54) is 10.9 Å². The smallest absolute Gasteiger partial charge is 0.271 e. The predicted molar refractivity (Wildman–Crippen MR) is 123 cm³/mol. The molecule has 162 valence electrons. The van der Waals surface area contributed by atoms with Crippen LogP contribution in [-0.2, 0) is 13.7 Å². The highest BCUT2D eigenvalue weighted by molar-refractivity contribution is 9.10. The molecule has 0 atom stereocenters. The van der Waals surface area contributed by atoms with Gasteiger partial charge in [-0.1, -0.05) is 38.1 Å². The Morgan fingerprint density at radius 2 is 1.90 bits per heavy atom. The molecule has 0 aliphatic carbocycles. The number of anilines is 1. The zero-order valence-electron chi connectivity index (χ0n) is 17.7. The molecule has 3 aromatic rings. The first-order chi connectivity index (χ1) is 14.8. The van der Waals surface area contributed by atoms with E-state index in [4.69, 9.17) is 4.74 Å². The number of rotatable bonds is 8. The molecule has 0 saturated carbocycles. The molecule has 2 aromatic carbocycles. The van der Waals surface area contributed by atoms with E-state index >= 15 is 0 Å². The number of hydrogen-bond donors (Lipinski definition) is 2. The topological polar surface area (TPSA) is 85.2 Å². The summed E-state index contributed by atoms with van der Waals surface area (Å²) in [5.41, 5.74) is 1.99. The molecular formula is C23H25BrN4O3. The van der Waals surface area contributed by atoms with Crippen molar-refractivity contribution in [3.63, 3.8) is 0 Å². The SMILES string of the molecule is CC(C)CNC(=O)c1c(NC(=O)c2cccc(COc3ccccc3Br)c2)cnn1C. The van der Waals surface area contributed by atoms with Crippen molar-refractivity contribution in [3.8, 4) is 5.75 Å². The summed E-state index contributed by atoms with van der Waals surface area (Å²) in [4.78, 5) is 25.3. The second-order valence-corrected chi connectivity index (χ2v) is 8.36. The molecule has 0 aliphatic heterocycles. The number of amides is 2. The van der Waals surface area contributed by atoms with Gasteiger partial charge in [-0.3, -0.25) is 14.3 Å². The maximum Gasteiger partial charge on any atom is 0.271 e. The van der Waals surface area contributed by atoms with Crippen LogP contribution in [0.3, 0.4) is 0 Å². The highest BCUT2D eigenvalue weighted by Gasteiger charge is 2.19. The van der Waals surface area contributed by atoms with Crippen molar-refractivity contribution in [2.75, 3.05) is 11.9 Å². The first kappa shape index (κ1) is 22.6. The Balaban J connectivity index is 1.70. The largest absolute Gasteiger partial charge is 0.488 e. The third kappa shape index (κ3) is 5.95.